The summed E-state index contributed by atoms with van der Waals surface area (Å²) in [6, 6.07) is 2.27. The molecule has 0 saturated heterocycles. The summed E-state index contributed by atoms with van der Waals surface area (Å²) in [4.78, 5) is 0. The van der Waals surface area contributed by atoms with Crippen LogP contribution in [0.1, 0.15) is 64.6 Å². The third-order valence-corrected chi connectivity index (χ3v) is 4.79. The van der Waals surface area contributed by atoms with E-state index in [0.29, 0.717) is 5.92 Å². The Hall–Kier alpha value is -0.830. The molecular weight excluding hydrogens is 234 g/mol. The molecule has 1 aliphatic rings. The van der Waals surface area contributed by atoms with Gasteiger partial charge in [0.25, 0.3) is 0 Å². The second kappa shape index (κ2) is 6.56. The molecule has 0 spiro atoms. The fourth-order valence-electron chi connectivity index (χ4n) is 3.44. The zero-order valence-corrected chi connectivity index (χ0v) is 12.7. The largest absolute Gasteiger partial charge is 0.322 e. The summed E-state index contributed by atoms with van der Waals surface area (Å²) in [5.74, 6) is 2.37. The number of nitrogens with two attached hydrogens (primary N) is 1. The Labute approximate surface area is 117 Å². The van der Waals surface area contributed by atoms with Crippen LogP contribution in [0.5, 0.6) is 0 Å². The lowest BCUT2D eigenvalue weighted by atomic mass is 9.74. The van der Waals surface area contributed by atoms with Gasteiger partial charge in [-0.05, 0) is 55.9 Å². The molecule has 2 rings (SSSR count). The summed E-state index contributed by atoms with van der Waals surface area (Å²) < 4.78 is 2.10. The van der Waals surface area contributed by atoms with Crippen molar-refractivity contribution in [2.24, 2.45) is 23.5 Å². The first-order valence-electron chi connectivity index (χ1n) is 7.90. The molecule has 1 aliphatic carbocycles. The van der Waals surface area contributed by atoms with Gasteiger partial charge in [-0.1, -0.05) is 20.8 Å². The average Bonchev–Trinajstić information content (AvgIpc) is 2.87. The number of hydrogen-bond acceptors (Lipinski definition) is 2. The first-order chi connectivity index (χ1) is 9.13. The van der Waals surface area contributed by atoms with Crippen LogP contribution in [0.15, 0.2) is 12.3 Å². The molecule has 0 amide bonds. The molecule has 1 saturated carbocycles. The molecule has 1 aromatic rings. The minimum absolute atomic E-state index is 0.169. The minimum atomic E-state index is 0.169. The number of aryl methyl sites for hydroxylation is 1. The van der Waals surface area contributed by atoms with Gasteiger partial charge in [0, 0.05) is 18.8 Å². The average molecular weight is 263 g/mol. The highest BCUT2D eigenvalue weighted by Crippen LogP contribution is 2.38. The monoisotopic (exact) mass is 263 g/mol. The van der Waals surface area contributed by atoms with E-state index in [-0.39, 0.29) is 6.04 Å². The first kappa shape index (κ1) is 14.6. The van der Waals surface area contributed by atoms with Crippen molar-refractivity contribution in [3.63, 3.8) is 0 Å². The Kier molecular flexibility index (Phi) is 5.03. The van der Waals surface area contributed by atoms with Crippen LogP contribution in [-0.4, -0.2) is 9.78 Å². The highest BCUT2D eigenvalue weighted by molar-refractivity contribution is 5.08. The highest BCUT2D eigenvalue weighted by Gasteiger charge is 2.29. The van der Waals surface area contributed by atoms with Gasteiger partial charge < -0.3 is 5.73 Å². The molecule has 0 bridgehead atoms. The lowest BCUT2D eigenvalue weighted by Crippen LogP contribution is -2.29. The zero-order valence-electron chi connectivity index (χ0n) is 12.7. The quantitative estimate of drug-likeness (QED) is 0.879. The summed E-state index contributed by atoms with van der Waals surface area (Å²) in [5.41, 5.74) is 7.74. The summed E-state index contributed by atoms with van der Waals surface area (Å²) in [5, 5.41) is 4.40. The maximum atomic E-state index is 6.51. The van der Waals surface area contributed by atoms with E-state index in [4.69, 9.17) is 5.73 Å². The van der Waals surface area contributed by atoms with Crippen LogP contribution in [0, 0.1) is 17.8 Å². The molecule has 0 aliphatic heterocycles. The van der Waals surface area contributed by atoms with Gasteiger partial charge in [0.1, 0.15) is 0 Å². The van der Waals surface area contributed by atoms with Gasteiger partial charge in [-0.3, -0.25) is 4.68 Å². The molecule has 1 aromatic heterocycles. The molecule has 108 valence electrons. The molecule has 19 heavy (non-hydrogen) atoms. The molecular formula is C16H29N3. The fourth-order valence-corrected chi connectivity index (χ4v) is 3.44. The maximum absolute atomic E-state index is 6.51. The first-order valence-corrected chi connectivity index (χ1v) is 7.90. The molecule has 0 aromatic carbocycles. The molecule has 3 heteroatoms. The molecule has 2 N–H and O–H groups in total. The van der Waals surface area contributed by atoms with Crippen LogP contribution in [-0.2, 0) is 6.54 Å². The number of nitrogens with zero attached hydrogens (tertiary/aromatic N) is 2. The standard InChI is InChI=1S/C16H29N3/c1-4-11-19-15(9-10-18-19)16(17)14-7-5-13(6-8-14)12(2)3/h9-10,12-14,16H,4-8,11,17H2,1-3H3. The fraction of sp³-hybridized carbons (Fsp3) is 0.812. The molecule has 1 atom stereocenters. The van der Waals surface area contributed by atoms with E-state index in [1.807, 2.05) is 6.20 Å². The third kappa shape index (κ3) is 3.38. The summed E-state index contributed by atoms with van der Waals surface area (Å²) in [6.45, 7) is 7.87. The lowest BCUT2D eigenvalue weighted by molar-refractivity contribution is 0.200. The topological polar surface area (TPSA) is 43.8 Å². The van der Waals surface area contributed by atoms with Crippen molar-refractivity contribution in [1.82, 2.24) is 9.78 Å². The lowest BCUT2D eigenvalue weighted by Gasteiger charge is -2.34. The van der Waals surface area contributed by atoms with Gasteiger partial charge >= 0.3 is 0 Å². The van der Waals surface area contributed by atoms with E-state index in [0.717, 1.165) is 24.8 Å². The van der Waals surface area contributed by atoms with E-state index >= 15 is 0 Å². The van der Waals surface area contributed by atoms with Crippen LogP contribution in [0.3, 0.4) is 0 Å². The van der Waals surface area contributed by atoms with Crippen molar-refractivity contribution < 1.29 is 0 Å². The smallest absolute Gasteiger partial charge is 0.0554 e. The van der Waals surface area contributed by atoms with Crippen LogP contribution in [0.2, 0.25) is 0 Å². The highest BCUT2D eigenvalue weighted by atomic mass is 15.3. The van der Waals surface area contributed by atoms with E-state index in [2.05, 4.69) is 36.6 Å². The Morgan fingerprint density at radius 3 is 2.47 bits per heavy atom. The summed E-state index contributed by atoms with van der Waals surface area (Å²) >= 11 is 0. The van der Waals surface area contributed by atoms with Crippen LogP contribution in [0.25, 0.3) is 0 Å². The number of hydrogen-bond donors (Lipinski definition) is 1. The molecule has 3 nitrogen and oxygen atoms in total. The molecule has 1 fully saturated rings. The van der Waals surface area contributed by atoms with Gasteiger partial charge in [0.2, 0.25) is 0 Å². The van der Waals surface area contributed by atoms with Crippen LogP contribution >= 0.6 is 0 Å². The Balaban J connectivity index is 1.97. The normalized spacial score (nSPS) is 25.7. The number of aromatic nitrogens is 2. The van der Waals surface area contributed by atoms with Gasteiger partial charge in [-0.25, -0.2) is 0 Å². The van der Waals surface area contributed by atoms with Crippen molar-refractivity contribution in [2.45, 2.75) is 65.5 Å². The zero-order chi connectivity index (χ0) is 13.8. The van der Waals surface area contributed by atoms with E-state index in [1.54, 1.807) is 0 Å². The van der Waals surface area contributed by atoms with Crippen molar-refractivity contribution in [3.8, 4) is 0 Å². The van der Waals surface area contributed by atoms with Crippen molar-refractivity contribution in [3.05, 3.63) is 18.0 Å². The molecule has 1 heterocycles. The second-order valence-electron chi connectivity index (χ2n) is 6.42. The predicted molar refractivity (Wildman–Crippen MR) is 79.7 cm³/mol. The van der Waals surface area contributed by atoms with E-state index < -0.39 is 0 Å². The second-order valence-corrected chi connectivity index (χ2v) is 6.42. The Morgan fingerprint density at radius 2 is 1.89 bits per heavy atom. The third-order valence-electron chi connectivity index (χ3n) is 4.79. The maximum Gasteiger partial charge on any atom is 0.0554 e. The van der Waals surface area contributed by atoms with E-state index in [1.165, 1.54) is 31.4 Å². The Morgan fingerprint density at radius 1 is 1.26 bits per heavy atom. The minimum Gasteiger partial charge on any atom is -0.322 e. The van der Waals surface area contributed by atoms with Crippen LogP contribution < -0.4 is 5.73 Å². The predicted octanol–water partition coefficient (Wildman–Crippen LogP) is 3.76. The summed E-state index contributed by atoms with van der Waals surface area (Å²) in [6.07, 6.45) is 8.25. The van der Waals surface area contributed by atoms with Gasteiger partial charge in [0.05, 0.1) is 5.69 Å². The molecule has 0 radical (unpaired) electrons. The van der Waals surface area contributed by atoms with Gasteiger partial charge in [-0.15, -0.1) is 0 Å². The van der Waals surface area contributed by atoms with Crippen LogP contribution in [0.4, 0.5) is 0 Å². The van der Waals surface area contributed by atoms with Crippen molar-refractivity contribution >= 4 is 0 Å². The SMILES string of the molecule is CCCn1nccc1C(N)C1CCC(C(C)C)CC1. The van der Waals surface area contributed by atoms with Gasteiger partial charge in [-0.2, -0.15) is 5.10 Å². The van der Waals surface area contributed by atoms with Crippen molar-refractivity contribution in [2.75, 3.05) is 0 Å². The van der Waals surface area contributed by atoms with Gasteiger partial charge in [0.15, 0.2) is 0 Å². The summed E-state index contributed by atoms with van der Waals surface area (Å²) in [7, 11) is 0. The number of rotatable bonds is 5. The Bertz CT molecular complexity index is 375. The van der Waals surface area contributed by atoms with E-state index in [9.17, 15) is 0 Å². The molecule has 1 unspecified atom stereocenters. The van der Waals surface area contributed by atoms with Crippen molar-refractivity contribution in [1.29, 1.82) is 0 Å².